The van der Waals surface area contributed by atoms with E-state index in [9.17, 15) is 5.11 Å². The van der Waals surface area contributed by atoms with Crippen LogP contribution in [-0.4, -0.2) is 10.5 Å². The van der Waals surface area contributed by atoms with Gasteiger partial charge in [0, 0.05) is 0 Å². The first kappa shape index (κ1) is 13.1. The predicted octanol–water partition coefficient (Wildman–Crippen LogP) is 3.94. The largest absolute Gasteiger partial charge is 0.379 e. The molecular formula is C16H17ClO. The van der Waals surface area contributed by atoms with Crippen molar-refractivity contribution < 1.29 is 5.11 Å². The standard InChI is InChI=1S/C16H17ClO/c1-2-15(17)16(18,13-9-5-3-6-10-13)14-11-7-4-8-12-14/h3-12,15,18H,2H2,1H3. The van der Waals surface area contributed by atoms with E-state index in [1.54, 1.807) is 0 Å². The molecule has 0 bridgehead atoms. The van der Waals surface area contributed by atoms with Crippen LogP contribution in [0.15, 0.2) is 60.7 Å². The molecule has 2 rings (SSSR count). The van der Waals surface area contributed by atoms with Crippen LogP contribution in [-0.2, 0) is 5.60 Å². The number of hydrogen-bond acceptors (Lipinski definition) is 1. The van der Waals surface area contributed by atoms with Gasteiger partial charge in [0.05, 0.1) is 5.38 Å². The lowest BCUT2D eigenvalue weighted by Gasteiger charge is -2.33. The Morgan fingerprint density at radius 1 is 0.944 bits per heavy atom. The van der Waals surface area contributed by atoms with Crippen molar-refractivity contribution in [2.45, 2.75) is 24.3 Å². The molecule has 0 radical (unpaired) electrons. The van der Waals surface area contributed by atoms with E-state index >= 15 is 0 Å². The highest BCUT2D eigenvalue weighted by Crippen LogP contribution is 2.37. The van der Waals surface area contributed by atoms with Gasteiger partial charge in [0.2, 0.25) is 0 Å². The van der Waals surface area contributed by atoms with Crippen LogP contribution in [0.25, 0.3) is 0 Å². The van der Waals surface area contributed by atoms with Crippen molar-refractivity contribution in [2.24, 2.45) is 0 Å². The molecule has 0 spiro atoms. The zero-order chi connectivity index (χ0) is 13.0. The van der Waals surface area contributed by atoms with Gasteiger partial charge in [-0.1, -0.05) is 67.6 Å². The smallest absolute Gasteiger partial charge is 0.131 e. The predicted molar refractivity (Wildman–Crippen MR) is 75.8 cm³/mol. The van der Waals surface area contributed by atoms with E-state index < -0.39 is 5.60 Å². The minimum absolute atomic E-state index is 0.359. The first-order valence-corrected chi connectivity index (χ1v) is 6.60. The summed E-state index contributed by atoms with van der Waals surface area (Å²) >= 11 is 6.39. The summed E-state index contributed by atoms with van der Waals surface area (Å²) in [5, 5.41) is 10.7. The van der Waals surface area contributed by atoms with Gasteiger partial charge in [-0.2, -0.15) is 0 Å². The third-order valence-electron chi connectivity index (χ3n) is 3.24. The molecule has 0 aliphatic heterocycles. The number of rotatable bonds is 4. The fraction of sp³-hybridized carbons (Fsp3) is 0.250. The minimum Gasteiger partial charge on any atom is -0.379 e. The van der Waals surface area contributed by atoms with Crippen LogP contribution in [0.4, 0.5) is 0 Å². The molecule has 0 fully saturated rings. The number of benzene rings is 2. The summed E-state index contributed by atoms with van der Waals surface area (Å²) in [6.45, 7) is 1.98. The van der Waals surface area contributed by atoms with Crippen molar-refractivity contribution in [3.8, 4) is 0 Å². The highest BCUT2D eigenvalue weighted by atomic mass is 35.5. The van der Waals surface area contributed by atoms with Crippen molar-refractivity contribution >= 4 is 11.6 Å². The molecule has 1 unspecified atom stereocenters. The van der Waals surface area contributed by atoms with E-state index in [1.807, 2.05) is 67.6 Å². The van der Waals surface area contributed by atoms with E-state index in [4.69, 9.17) is 11.6 Å². The molecule has 0 aliphatic carbocycles. The molecular weight excluding hydrogens is 244 g/mol. The average Bonchev–Trinajstić information content (AvgIpc) is 2.47. The molecule has 0 aromatic heterocycles. The molecule has 2 aromatic rings. The SMILES string of the molecule is CCC(Cl)C(O)(c1ccccc1)c1ccccc1. The first-order valence-electron chi connectivity index (χ1n) is 6.17. The van der Waals surface area contributed by atoms with Gasteiger partial charge in [0.15, 0.2) is 0 Å². The van der Waals surface area contributed by atoms with Crippen LogP contribution < -0.4 is 0 Å². The molecule has 0 saturated carbocycles. The Kier molecular flexibility index (Phi) is 4.05. The van der Waals surface area contributed by atoms with Gasteiger partial charge in [-0.25, -0.2) is 0 Å². The zero-order valence-electron chi connectivity index (χ0n) is 10.4. The number of hydrogen-bond donors (Lipinski definition) is 1. The monoisotopic (exact) mass is 260 g/mol. The summed E-state index contributed by atoms with van der Waals surface area (Å²) in [4.78, 5) is 0. The van der Waals surface area contributed by atoms with Gasteiger partial charge in [0.25, 0.3) is 0 Å². The van der Waals surface area contributed by atoms with E-state index in [1.165, 1.54) is 0 Å². The van der Waals surface area contributed by atoms with Gasteiger partial charge in [0.1, 0.15) is 5.60 Å². The fourth-order valence-corrected chi connectivity index (χ4v) is 2.46. The van der Waals surface area contributed by atoms with Gasteiger partial charge in [-0.3, -0.25) is 0 Å². The van der Waals surface area contributed by atoms with Gasteiger partial charge in [-0.15, -0.1) is 11.6 Å². The second kappa shape index (κ2) is 5.55. The number of aliphatic hydroxyl groups is 1. The van der Waals surface area contributed by atoms with Crippen LogP contribution in [0.3, 0.4) is 0 Å². The molecule has 0 aliphatic rings. The van der Waals surface area contributed by atoms with Crippen molar-refractivity contribution in [2.75, 3.05) is 0 Å². The lowest BCUT2D eigenvalue weighted by atomic mass is 9.82. The first-order chi connectivity index (χ1) is 8.69. The highest BCUT2D eigenvalue weighted by Gasteiger charge is 2.37. The van der Waals surface area contributed by atoms with Crippen LogP contribution in [0.1, 0.15) is 24.5 Å². The van der Waals surface area contributed by atoms with Crippen LogP contribution in [0, 0.1) is 0 Å². The van der Waals surface area contributed by atoms with Gasteiger partial charge < -0.3 is 5.11 Å². The summed E-state index contributed by atoms with van der Waals surface area (Å²) < 4.78 is 0. The minimum atomic E-state index is -1.14. The number of halogens is 1. The second-order valence-corrected chi connectivity index (χ2v) is 4.90. The fourth-order valence-electron chi connectivity index (χ4n) is 2.21. The molecule has 0 amide bonds. The van der Waals surface area contributed by atoms with E-state index in [0.29, 0.717) is 6.42 Å². The Morgan fingerprint density at radius 3 is 1.67 bits per heavy atom. The Balaban J connectivity index is 2.55. The Hall–Kier alpha value is -1.31. The third-order valence-corrected chi connectivity index (χ3v) is 3.86. The highest BCUT2D eigenvalue weighted by molar-refractivity contribution is 6.21. The molecule has 1 N–H and O–H groups in total. The molecule has 0 saturated heterocycles. The lowest BCUT2D eigenvalue weighted by molar-refractivity contribution is 0.0744. The molecule has 2 heteroatoms. The maximum absolute atomic E-state index is 11.1. The summed E-state index contributed by atoms with van der Waals surface area (Å²) in [5.41, 5.74) is 0.523. The molecule has 94 valence electrons. The Morgan fingerprint density at radius 2 is 1.33 bits per heavy atom. The second-order valence-electron chi connectivity index (χ2n) is 4.37. The maximum atomic E-state index is 11.1. The van der Waals surface area contributed by atoms with Crippen LogP contribution in [0.5, 0.6) is 0 Å². The molecule has 18 heavy (non-hydrogen) atoms. The zero-order valence-corrected chi connectivity index (χ0v) is 11.1. The summed E-state index contributed by atoms with van der Waals surface area (Å²) in [6.07, 6.45) is 0.696. The summed E-state index contributed by atoms with van der Waals surface area (Å²) in [7, 11) is 0. The van der Waals surface area contributed by atoms with Crippen LogP contribution >= 0.6 is 11.6 Å². The van der Waals surface area contributed by atoms with Gasteiger partial charge >= 0.3 is 0 Å². The molecule has 1 nitrogen and oxygen atoms in total. The van der Waals surface area contributed by atoms with E-state index in [-0.39, 0.29) is 5.38 Å². The van der Waals surface area contributed by atoms with Crippen molar-refractivity contribution in [3.63, 3.8) is 0 Å². The van der Waals surface area contributed by atoms with E-state index in [0.717, 1.165) is 11.1 Å². The Labute approximate surface area is 113 Å². The third kappa shape index (κ3) is 2.29. The molecule has 0 heterocycles. The summed E-state index contributed by atoms with van der Waals surface area (Å²) in [5.74, 6) is 0. The molecule has 2 aromatic carbocycles. The van der Waals surface area contributed by atoms with Crippen molar-refractivity contribution in [1.82, 2.24) is 0 Å². The normalized spacial score (nSPS) is 13.3. The van der Waals surface area contributed by atoms with Gasteiger partial charge in [-0.05, 0) is 17.5 Å². The van der Waals surface area contributed by atoms with Crippen LogP contribution in [0.2, 0.25) is 0 Å². The Bertz CT molecular complexity index is 441. The quantitative estimate of drug-likeness (QED) is 0.826. The van der Waals surface area contributed by atoms with E-state index in [2.05, 4.69) is 0 Å². The lowest BCUT2D eigenvalue weighted by Crippen LogP contribution is -2.37. The summed E-state index contributed by atoms with van der Waals surface area (Å²) in [6, 6.07) is 19.2. The number of alkyl halides is 1. The van der Waals surface area contributed by atoms with Crippen molar-refractivity contribution in [3.05, 3.63) is 71.8 Å². The topological polar surface area (TPSA) is 20.2 Å². The maximum Gasteiger partial charge on any atom is 0.131 e. The molecule has 1 atom stereocenters. The van der Waals surface area contributed by atoms with Crippen molar-refractivity contribution in [1.29, 1.82) is 0 Å². The average molecular weight is 261 g/mol.